The summed E-state index contributed by atoms with van der Waals surface area (Å²) in [4.78, 5) is 17.2. The van der Waals surface area contributed by atoms with Gasteiger partial charge in [-0.1, -0.05) is 30.3 Å². The Bertz CT molecular complexity index is 1260. The molecule has 0 aliphatic heterocycles. The number of hydrogen-bond acceptors (Lipinski definition) is 3. The average Bonchev–Trinajstić information content (AvgIpc) is 3.12. The molecule has 1 N–H and O–H groups in total. The molecule has 0 unspecified atom stereocenters. The number of aryl methyl sites for hydroxylation is 1. The maximum atomic E-state index is 13.5. The van der Waals surface area contributed by atoms with E-state index in [4.69, 9.17) is 0 Å². The van der Waals surface area contributed by atoms with Gasteiger partial charge in [-0.15, -0.1) is 0 Å². The fourth-order valence-electron chi connectivity index (χ4n) is 3.27. The first-order chi connectivity index (χ1) is 14.7. The van der Waals surface area contributed by atoms with Gasteiger partial charge in [0.2, 0.25) is 0 Å². The van der Waals surface area contributed by atoms with Gasteiger partial charge in [0, 0.05) is 19.2 Å². The summed E-state index contributed by atoms with van der Waals surface area (Å²) in [6.45, 7) is 0.123. The molecule has 0 saturated heterocycles. The molecule has 4 aromatic rings. The lowest BCUT2D eigenvalue weighted by Crippen LogP contribution is -2.23. The minimum Gasteiger partial charge on any atom is -0.348 e. The number of nitrogens with zero attached hydrogens (tertiary/aromatic N) is 3. The van der Waals surface area contributed by atoms with Crippen molar-refractivity contribution in [1.82, 2.24) is 20.1 Å². The van der Waals surface area contributed by atoms with Gasteiger partial charge in [-0.25, -0.2) is 9.37 Å². The first-order valence-corrected chi connectivity index (χ1v) is 9.26. The van der Waals surface area contributed by atoms with Crippen LogP contribution >= 0.6 is 0 Å². The van der Waals surface area contributed by atoms with Crippen molar-refractivity contribution < 1.29 is 22.4 Å². The summed E-state index contributed by atoms with van der Waals surface area (Å²) < 4.78 is 55.0. The Morgan fingerprint density at radius 3 is 2.52 bits per heavy atom. The minimum absolute atomic E-state index is 0.0101. The number of carbonyl (C=O) groups excluding carboxylic acids is 1. The third-order valence-corrected chi connectivity index (χ3v) is 4.82. The summed E-state index contributed by atoms with van der Waals surface area (Å²) in [5.74, 6) is -0.898. The molecule has 0 atom stereocenters. The molecule has 0 aliphatic carbocycles. The minimum atomic E-state index is -4.58. The number of alkyl halides is 3. The number of benzene rings is 2. The van der Waals surface area contributed by atoms with E-state index in [0.717, 1.165) is 6.07 Å². The number of pyridine rings is 1. The molecule has 1 amide bonds. The normalized spacial score (nSPS) is 11.6. The second-order valence-electron chi connectivity index (χ2n) is 6.91. The summed E-state index contributed by atoms with van der Waals surface area (Å²) in [6.07, 6.45) is -3.14. The van der Waals surface area contributed by atoms with Crippen LogP contribution in [0.3, 0.4) is 0 Å². The summed E-state index contributed by atoms with van der Waals surface area (Å²) in [6, 6.07) is 12.0. The topological polar surface area (TPSA) is 59.8 Å². The molecule has 0 spiro atoms. The molecular formula is C22H16F4N4O. The van der Waals surface area contributed by atoms with Crippen LogP contribution in [0.5, 0.6) is 0 Å². The van der Waals surface area contributed by atoms with Crippen LogP contribution < -0.4 is 5.32 Å². The molecule has 2 aromatic heterocycles. The Hall–Kier alpha value is -3.75. The van der Waals surface area contributed by atoms with Crippen LogP contribution in [-0.4, -0.2) is 20.7 Å². The standard InChI is InChI=1S/C22H16F4N4O/c1-30-20-17(12-28-30)16(21(31)27-11-13-6-8-14(23)9-7-13)10-19(29-20)15-4-2-3-5-18(15)22(24,25)26/h2-10,12H,11H2,1H3,(H,27,31). The molecule has 0 fully saturated rings. The van der Waals surface area contributed by atoms with Gasteiger partial charge in [-0.2, -0.15) is 18.3 Å². The van der Waals surface area contributed by atoms with Gasteiger partial charge in [0.15, 0.2) is 5.65 Å². The fourth-order valence-corrected chi connectivity index (χ4v) is 3.27. The van der Waals surface area contributed by atoms with E-state index in [2.05, 4.69) is 15.4 Å². The number of nitrogens with one attached hydrogen (secondary N) is 1. The maximum absolute atomic E-state index is 13.5. The Balaban J connectivity index is 1.76. The second-order valence-corrected chi connectivity index (χ2v) is 6.91. The molecule has 0 aliphatic rings. The Morgan fingerprint density at radius 2 is 1.81 bits per heavy atom. The van der Waals surface area contributed by atoms with Gasteiger partial charge in [-0.05, 0) is 29.8 Å². The summed E-state index contributed by atoms with van der Waals surface area (Å²) >= 11 is 0. The van der Waals surface area contributed by atoms with E-state index in [9.17, 15) is 22.4 Å². The van der Waals surface area contributed by atoms with Crippen molar-refractivity contribution in [2.75, 3.05) is 0 Å². The van der Waals surface area contributed by atoms with E-state index in [1.807, 2.05) is 0 Å². The van der Waals surface area contributed by atoms with Crippen molar-refractivity contribution in [2.45, 2.75) is 12.7 Å². The van der Waals surface area contributed by atoms with Crippen molar-refractivity contribution in [3.63, 3.8) is 0 Å². The first-order valence-electron chi connectivity index (χ1n) is 9.26. The van der Waals surface area contributed by atoms with Crippen LogP contribution in [0.4, 0.5) is 17.6 Å². The molecule has 158 valence electrons. The first kappa shape index (κ1) is 20.5. The smallest absolute Gasteiger partial charge is 0.348 e. The quantitative estimate of drug-likeness (QED) is 0.479. The molecule has 4 rings (SSSR count). The van der Waals surface area contributed by atoms with Crippen LogP contribution in [0.15, 0.2) is 60.8 Å². The molecule has 0 saturated carbocycles. The van der Waals surface area contributed by atoms with Crippen molar-refractivity contribution in [1.29, 1.82) is 0 Å². The zero-order chi connectivity index (χ0) is 22.2. The molecular weight excluding hydrogens is 412 g/mol. The molecule has 2 aromatic carbocycles. The highest BCUT2D eigenvalue weighted by Gasteiger charge is 2.34. The van der Waals surface area contributed by atoms with Crippen molar-refractivity contribution in [2.24, 2.45) is 7.05 Å². The van der Waals surface area contributed by atoms with Gasteiger partial charge in [0.1, 0.15) is 5.82 Å². The highest BCUT2D eigenvalue weighted by Crippen LogP contribution is 2.37. The van der Waals surface area contributed by atoms with Crippen molar-refractivity contribution >= 4 is 16.9 Å². The number of halogens is 4. The summed E-state index contributed by atoms with van der Waals surface area (Å²) in [5.41, 5.74) is 0.130. The van der Waals surface area contributed by atoms with Crippen LogP contribution in [0.1, 0.15) is 21.5 Å². The Kier molecular flexibility index (Phi) is 5.18. The lowest BCUT2D eigenvalue weighted by atomic mass is 10.0. The Morgan fingerprint density at radius 1 is 1.10 bits per heavy atom. The highest BCUT2D eigenvalue weighted by atomic mass is 19.4. The third-order valence-electron chi connectivity index (χ3n) is 4.82. The highest BCUT2D eigenvalue weighted by molar-refractivity contribution is 6.06. The molecule has 31 heavy (non-hydrogen) atoms. The van der Waals surface area contributed by atoms with Gasteiger partial charge in [0.25, 0.3) is 5.91 Å². The monoisotopic (exact) mass is 428 g/mol. The van der Waals surface area contributed by atoms with Crippen LogP contribution in [0.2, 0.25) is 0 Å². The number of fused-ring (bicyclic) bond motifs is 1. The lowest BCUT2D eigenvalue weighted by molar-refractivity contribution is -0.137. The Labute approximate surface area is 174 Å². The van der Waals surface area contributed by atoms with E-state index in [-0.39, 0.29) is 29.0 Å². The summed E-state index contributed by atoms with van der Waals surface area (Å²) in [7, 11) is 1.59. The van der Waals surface area contributed by atoms with Gasteiger partial charge in [0.05, 0.1) is 28.4 Å². The van der Waals surface area contributed by atoms with E-state index in [0.29, 0.717) is 10.9 Å². The average molecular weight is 428 g/mol. The number of rotatable bonds is 4. The van der Waals surface area contributed by atoms with E-state index in [1.54, 1.807) is 7.05 Å². The van der Waals surface area contributed by atoms with Crippen LogP contribution in [-0.2, 0) is 19.8 Å². The predicted octanol–water partition coefficient (Wildman–Crippen LogP) is 4.72. The fraction of sp³-hybridized carbons (Fsp3) is 0.136. The summed E-state index contributed by atoms with van der Waals surface area (Å²) in [5, 5.41) is 7.20. The number of carbonyl (C=O) groups is 1. The van der Waals surface area contributed by atoms with E-state index >= 15 is 0 Å². The molecule has 9 heteroatoms. The van der Waals surface area contributed by atoms with E-state index in [1.165, 1.54) is 59.4 Å². The third kappa shape index (κ3) is 4.11. The molecule has 0 bridgehead atoms. The zero-order valence-corrected chi connectivity index (χ0v) is 16.2. The largest absolute Gasteiger partial charge is 0.417 e. The van der Waals surface area contributed by atoms with Crippen molar-refractivity contribution in [3.05, 3.63) is 83.3 Å². The second kappa shape index (κ2) is 7.82. The van der Waals surface area contributed by atoms with Crippen LogP contribution in [0.25, 0.3) is 22.3 Å². The van der Waals surface area contributed by atoms with E-state index < -0.39 is 23.5 Å². The SMILES string of the molecule is Cn1ncc2c(C(=O)NCc3ccc(F)cc3)cc(-c3ccccc3C(F)(F)F)nc21. The van der Waals surface area contributed by atoms with Gasteiger partial charge >= 0.3 is 6.18 Å². The number of aromatic nitrogens is 3. The number of amides is 1. The molecule has 5 nitrogen and oxygen atoms in total. The molecule has 2 heterocycles. The zero-order valence-electron chi connectivity index (χ0n) is 16.2. The van der Waals surface area contributed by atoms with Gasteiger partial charge in [-0.3, -0.25) is 9.48 Å². The van der Waals surface area contributed by atoms with Crippen LogP contribution in [0, 0.1) is 5.82 Å². The van der Waals surface area contributed by atoms with Crippen molar-refractivity contribution in [3.8, 4) is 11.3 Å². The molecule has 0 radical (unpaired) electrons. The number of hydrogen-bond donors (Lipinski definition) is 1. The van der Waals surface area contributed by atoms with Gasteiger partial charge < -0.3 is 5.32 Å². The maximum Gasteiger partial charge on any atom is 0.417 e. The predicted molar refractivity (Wildman–Crippen MR) is 107 cm³/mol. The lowest BCUT2D eigenvalue weighted by Gasteiger charge is -2.14.